The van der Waals surface area contributed by atoms with Crippen molar-refractivity contribution in [3.63, 3.8) is 0 Å². The predicted octanol–water partition coefficient (Wildman–Crippen LogP) is 11.9. The first kappa shape index (κ1) is 25.7. The van der Waals surface area contributed by atoms with E-state index < -0.39 is 0 Å². The molecule has 0 saturated carbocycles. The van der Waals surface area contributed by atoms with Gasteiger partial charge in [0, 0.05) is 0 Å². The van der Waals surface area contributed by atoms with E-state index >= 15 is 0 Å². The average Bonchev–Trinajstić information content (AvgIpc) is 3.05. The normalized spacial score (nSPS) is 11.1. The summed E-state index contributed by atoms with van der Waals surface area (Å²) in [5.41, 5.74) is 8.01. The Bertz CT molecular complexity index is 2050. The van der Waals surface area contributed by atoms with Crippen LogP contribution >= 0.6 is 0 Å². The molecular weight excluding hydrogens is 504 g/mol. The maximum Gasteiger partial charge on any atom is -0.00672 e. The van der Waals surface area contributed by atoms with Crippen LogP contribution in [0.15, 0.2) is 158 Å². The zero-order chi connectivity index (χ0) is 28.5. The van der Waals surface area contributed by atoms with Gasteiger partial charge < -0.3 is 0 Å². The number of benzene rings is 8. The van der Waals surface area contributed by atoms with Crippen LogP contribution in [-0.2, 0) is 0 Å². The van der Waals surface area contributed by atoms with Gasteiger partial charge in [-0.05, 0) is 90.3 Å². The molecule has 8 aromatic rings. The maximum atomic E-state index is 2.24. The largest absolute Gasteiger partial charge is 0.0616 e. The van der Waals surface area contributed by atoms with E-state index in [-0.39, 0.29) is 0 Å². The Kier molecular flexibility index (Phi) is 6.74. The smallest absolute Gasteiger partial charge is 0.00672 e. The highest BCUT2D eigenvalue weighted by atomic mass is 14.2. The highest BCUT2D eigenvalue weighted by Gasteiger charge is 2.13. The number of rotatable bonds is 2. The molecule has 0 saturated heterocycles. The predicted molar refractivity (Wildman–Crippen MR) is 183 cm³/mol. The summed E-state index contributed by atoms with van der Waals surface area (Å²) in [5.74, 6) is 0. The molecule has 0 fully saturated rings. The lowest BCUT2D eigenvalue weighted by atomic mass is 9.88. The molecule has 200 valence electrons. The van der Waals surface area contributed by atoms with Crippen LogP contribution in [0.1, 0.15) is 11.1 Å². The lowest BCUT2D eigenvalue weighted by Gasteiger charge is -2.16. The van der Waals surface area contributed by atoms with Crippen molar-refractivity contribution in [2.75, 3.05) is 0 Å². The third-order valence-electron chi connectivity index (χ3n) is 8.39. The minimum absolute atomic E-state index is 1.29. The molecule has 0 heteroatoms. The van der Waals surface area contributed by atoms with Gasteiger partial charge in [-0.2, -0.15) is 0 Å². The third-order valence-corrected chi connectivity index (χ3v) is 8.39. The summed E-state index contributed by atoms with van der Waals surface area (Å²) >= 11 is 0. The van der Waals surface area contributed by atoms with Gasteiger partial charge in [0.05, 0.1) is 0 Å². The summed E-state index contributed by atoms with van der Waals surface area (Å²) in [7, 11) is 0. The summed E-state index contributed by atoms with van der Waals surface area (Å²) in [5, 5.41) is 10.5. The van der Waals surface area contributed by atoms with Gasteiger partial charge in [-0.1, -0.05) is 158 Å². The minimum atomic E-state index is 1.29. The molecule has 0 aromatic heterocycles. The van der Waals surface area contributed by atoms with E-state index in [4.69, 9.17) is 0 Å². The Morgan fingerprint density at radius 1 is 0.262 bits per heavy atom. The molecule has 0 aliphatic rings. The van der Waals surface area contributed by atoms with E-state index in [0.717, 1.165) is 0 Å². The van der Waals surface area contributed by atoms with Crippen molar-refractivity contribution >= 4 is 43.1 Å². The molecule has 42 heavy (non-hydrogen) atoms. The fourth-order valence-electron chi connectivity index (χ4n) is 6.35. The van der Waals surface area contributed by atoms with Gasteiger partial charge in [-0.25, -0.2) is 0 Å². The van der Waals surface area contributed by atoms with Crippen LogP contribution in [0.3, 0.4) is 0 Å². The quantitative estimate of drug-likeness (QED) is 0.206. The SMILES string of the molecule is Cc1ccc2ccccc2c1-c1c(C)ccc2ccccc12.c1ccc2c(-c3cccc4ccccc34)cccc2c1. The monoisotopic (exact) mass is 536 g/mol. The molecular formula is C42H32. The maximum absolute atomic E-state index is 2.24. The standard InChI is InChI=1S/C22H18.C20H14/c1-15-11-13-17-7-3-5-9-19(17)21(15)22-16(2)12-14-18-8-4-6-10-20(18)22;1-3-11-17-15(7-1)9-5-13-19(17)20-14-6-10-16-8-2-4-12-18(16)20/h3-14H,1-2H3;1-14H. The fourth-order valence-corrected chi connectivity index (χ4v) is 6.35. The zero-order valence-electron chi connectivity index (χ0n) is 24.0. The van der Waals surface area contributed by atoms with Crippen LogP contribution in [0.25, 0.3) is 65.3 Å². The van der Waals surface area contributed by atoms with Gasteiger partial charge in [-0.3, -0.25) is 0 Å². The Morgan fingerprint density at radius 3 is 0.976 bits per heavy atom. The molecule has 0 spiro atoms. The highest BCUT2D eigenvalue weighted by molar-refractivity contribution is 6.08. The zero-order valence-corrected chi connectivity index (χ0v) is 24.0. The van der Waals surface area contributed by atoms with Gasteiger partial charge >= 0.3 is 0 Å². The van der Waals surface area contributed by atoms with E-state index in [9.17, 15) is 0 Å². The Morgan fingerprint density at radius 2 is 0.571 bits per heavy atom. The summed E-state index contributed by atoms with van der Waals surface area (Å²) in [6.45, 7) is 4.42. The average molecular weight is 537 g/mol. The first-order chi connectivity index (χ1) is 20.7. The van der Waals surface area contributed by atoms with E-state index in [0.29, 0.717) is 0 Å². The third kappa shape index (κ3) is 4.62. The molecule has 0 amide bonds. The van der Waals surface area contributed by atoms with Crippen LogP contribution in [-0.4, -0.2) is 0 Å². The fraction of sp³-hybridized carbons (Fsp3) is 0.0476. The van der Waals surface area contributed by atoms with Gasteiger partial charge in [0.25, 0.3) is 0 Å². The summed E-state index contributed by atoms with van der Waals surface area (Å²) in [4.78, 5) is 0. The first-order valence-corrected chi connectivity index (χ1v) is 14.6. The van der Waals surface area contributed by atoms with Gasteiger partial charge in [-0.15, -0.1) is 0 Å². The van der Waals surface area contributed by atoms with Crippen molar-refractivity contribution in [1.82, 2.24) is 0 Å². The molecule has 0 heterocycles. The molecule has 0 bridgehead atoms. The minimum Gasteiger partial charge on any atom is -0.0616 e. The summed E-state index contributed by atoms with van der Waals surface area (Å²) < 4.78 is 0. The first-order valence-electron chi connectivity index (χ1n) is 14.6. The van der Waals surface area contributed by atoms with Crippen LogP contribution in [0.5, 0.6) is 0 Å². The van der Waals surface area contributed by atoms with E-state index in [2.05, 4.69) is 172 Å². The molecule has 0 atom stereocenters. The molecule has 8 rings (SSSR count). The molecule has 0 aliphatic carbocycles. The molecule has 0 N–H and O–H groups in total. The lowest BCUT2D eigenvalue weighted by Crippen LogP contribution is -1.91. The van der Waals surface area contributed by atoms with Crippen molar-refractivity contribution in [2.24, 2.45) is 0 Å². The van der Waals surface area contributed by atoms with Gasteiger partial charge in [0.1, 0.15) is 0 Å². The molecule has 0 radical (unpaired) electrons. The van der Waals surface area contributed by atoms with E-state index in [1.54, 1.807) is 0 Å². The van der Waals surface area contributed by atoms with Crippen LogP contribution in [0.2, 0.25) is 0 Å². The number of fused-ring (bicyclic) bond motifs is 4. The van der Waals surface area contributed by atoms with Crippen LogP contribution in [0, 0.1) is 13.8 Å². The molecule has 0 unspecified atom stereocenters. The Balaban J connectivity index is 0.000000138. The second kappa shape index (κ2) is 11.0. The topological polar surface area (TPSA) is 0 Å². The van der Waals surface area contributed by atoms with Gasteiger partial charge in [0.2, 0.25) is 0 Å². The van der Waals surface area contributed by atoms with E-state index in [1.165, 1.54) is 76.5 Å². The molecule has 8 aromatic carbocycles. The van der Waals surface area contributed by atoms with Crippen LogP contribution < -0.4 is 0 Å². The van der Waals surface area contributed by atoms with Crippen molar-refractivity contribution < 1.29 is 0 Å². The second-order valence-electron chi connectivity index (χ2n) is 11.0. The van der Waals surface area contributed by atoms with Crippen LogP contribution in [0.4, 0.5) is 0 Å². The van der Waals surface area contributed by atoms with Crippen molar-refractivity contribution in [2.45, 2.75) is 13.8 Å². The number of aryl methyl sites for hydroxylation is 2. The van der Waals surface area contributed by atoms with E-state index in [1.807, 2.05) is 0 Å². The highest BCUT2D eigenvalue weighted by Crippen LogP contribution is 2.38. The number of hydrogen-bond donors (Lipinski definition) is 0. The Hall–Kier alpha value is -5.20. The molecule has 0 nitrogen and oxygen atoms in total. The summed E-state index contributed by atoms with van der Waals surface area (Å²) in [6, 6.07) is 56.4. The van der Waals surface area contributed by atoms with Crippen molar-refractivity contribution in [3.05, 3.63) is 169 Å². The Labute approximate surface area is 247 Å². The van der Waals surface area contributed by atoms with Gasteiger partial charge in [0.15, 0.2) is 0 Å². The lowest BCUT2D eigenvalue weighted by molar-refractivity contribution is 1.45. The van der Waals surface area contributed by atoms with Crippen molar-refractivity contribution in [3.8, 4) is 22.3 Å². The summed E-state index contributed by atoms with van der Waals surface area (Å²) in [6.07, 6.45) is 0. The second-order valence-corrected chi connectivity index (χ2v) is 11.0. The molecule has 0 aliphatic heterocycles. The number of hydrogen-bond acceptors (Lipinski definition) is 0. The van der Waals surface area contributed by atoms with Crippen molar-refractivity contribution in [1.29, 1.82) is 0 Å².